The quantitative estimate of drug-likeness (QED) is 0.830. The van der Waals surface area contributed by atoms with Gasteiger partial charge in [-0.2, -0.15) is 0 Å². The third kappa shape index (κ3) is 1.62. The zero-order valence-corrected chi connectivity index (χ0v) is 9.96. The number of aromatic amines is 1. The van der Waals surface area contributed by atoms with Gasteiger partial charge in [0.05, 0.1) is 11.0 Å². The molecule has 0 aliphatic heterocycles. The van der Waals surface area contributed by atoms with Crippen LogP contribution in [-0.2, 0) is 6.42 Å². The van der Waals surface area contributed by atoms with Gasteiger partial charge in [-0.3, -0.25) is 0 Å². The molecule has 0 amide bonds. The first-order chi connectivity index (χ1) is 7.78. The molecule has 2 heteroatoms. The van der Waals surface area contributed by atoms with E-state index in [0.717, 1.165) is 17.9 Å². The van der Waals surface area contributed by atoms with E-state index >= 15 is 0 Å². The maximum atomic E-state index is 4.69. The van der Waals surface area contributed by atoms with Crippen molar-refractivity contribution >= 4 is 11.0 Å². The summed E-state index contributed by atoms with van der Waals surface area (Å²) in [5, 5.41) is 0. The Morgan fingerprint density at radius 2 is 2.25 bits per heavy atom. The Hall–Kier alpha value is -1.31. The number of aromatic nitrogens is 2. The molecule has 3 rings (SSSR count). The van der Waals surface area contributed by atoms with Gasteiger partial charge in [0.2, 0.25) is 0 Å². The van der Waals surface area contributed by atoms with Crippen LogP contribution in [-0.4, -0.2) is 9.97 Å². The summed E-state index contributed by atoms with van der Waals surface area (Å²) >= 11 is 0. The van der Waals surface area contributed by atoms with Gasteiger partial charge in [0.15, 0.2) is 0 Å². The summed E-state index contributed by atoms with van der Waals surface area (Å²) in [4.78, 5) is 8.17. The number of rotatable bonds is 3. The largest absolute Gasteiger partial charge is 0.342 e. The monoisotopic (exact) mass is 214 g/mol. The molecule has 1 aliphatic rings. The van der Waals surface area contributed by atoms with E-state index in [4.69, 9.17) is 4.98 Å². The second kappa shape index (κ2) is 3.62. The van der Waals surface area contributed by atoms with Crippen LogP contribution in [0.2, 0.25) is 0 Å². The lowest BCUT2D eigenvalue weighted by atomic mass is 10.1. The number of nitrogens with one attached hydrogen (secondary N) is 1. The minimum absolute atomic E-state index is 0.595. The lowest BCUT2D eigenvalue weighted by Crippen LogP contribution is -1.97. The van der Waals surface area contributed by atoms with Crippen molar-refractivity contribution in [2.24, 2.45) is 5.92 Å². The molecule has 0 bridgehead atoms. The molecule has 1 N–H and O–H groups in total. The second-order valence-corrected chi connectivity index (χ2v) is 4.95. The van der Waals surface area contributed by atoms with Gasteiger partial charge in [0.1, 0.15) is 5.82 Å². The maximum absolute atomic E-state index is 4.69. The van der Waals surface area contributed by atoms with Crippen LogP contribution in [0.4, 0.5) is 0 Å². The fraction of sp³-hybridized carbons (Fsp3) is 0.500. The van der Waals surface area contributed by atoms with E-state index in [9.17, 15) is 0 Å². The molecule has 1 saturated carbocycles. The van der Waals surface area contributed by atoms with Crippen molar-refractivity contribution in [3.8, 4) is 0 Å². The van der Waals surface area contributed by atoms with Crippen LogP contribution in [0, 0.1) is 5.92 Å². The molecule has 1 aliphatic carbocycles. The molecule has 16 heavy (non-hydrogen) atoms. The molecular weight excluding hydrogens is 196 g/mol. The molecule has 1 aromatic carbocycles. The zero-order chi connectivity index (χ0) is 11.1. The van der Waals surface area contributed by atoms with Gasteiger partial charge in [-0.1, -0.05) is 19.9 Å². The average Bonchev–Trinajstić information content (AvgIpc) is 3.06. The first-order valence-corrected chi connectivity index (χ1v) is 6.26. The second-order valence-electron chi connectivity index (χ2n) is 4.95. The molecule has 2 nitrogen and oxygen atoms in total. The van der Waals surface area contributed by atoms with Gasteiger partial charge in [-0.25, -0.2) is 4.98 Å². The summed E-state index contributed by atoms with van der Waals surface area (Å²) in [6, 6.07) is 6.54. The first-order valence-electron chi connectivity index (χ1n) is 6.26. The Kier molecular flexibility index (Phi) is 2.23. The van der Waals surface area contributed by atoms with Crippen LogP contribution >= 0.6 is 0 Å². The van der Waals surface area contributed by atoms with Crippen molar-refractivity contribution in [1.29, 1.82) is 0 Å². The normalized spacial score (nSPS) is 17.9. The van der Waals surface area contributed by atoms with Crippen LogP contribution in [0.5, 0.6) is 0 Å². The third-order valence-corrected chi connectivity index (χ3v) is 3.73. The van der Waals surface area contributed by atoms with Crippen LogP contribution in [0.1, 0.15) is 44.0 Å². The number of nitrogens with zero attached hydrogens (tertiary/aromatic N) is 1. The van der Waals surface area contributed by atoms with Gasteiger partial charge in [-0.15, -0.1) is 0 Å². The lowest BCUT2D eigenvalue weighted by Gasteiger charge is -2.04. The highest BCUT2D eigenvalue weighted by Gasteiger charge is 2.30. The molecule has 2 aromatic rings. The number of hydrogen-bond acceptors (Lipinski definition) is 1. The SMILES string of the molecule is CCc1ccc2nc(C(C)C3CC3)[nH]c2c1. The lowest BCUT2D eigenvalue weighted by molar-refractivity contribution is 0.630. The Morgan fingerprint density at radius 1 is 1.44 bits per heavy atom. The molecule has 1 heterocycles. The molecule has 0 spiro atoms. The molecule has 1 aromatic heterocycles. The summed E-state index contributed by atoms with van der Waals surface area (Å²) in [6.45, 7) is 4.47. The minimum Gasteiger partial charge on any atom is -0.342 e. The summed E-state index contributed by atoms with van der Waals surface area (Å²) in [5.74, 6) is 2.63. The highest BCUT2D eigenvalue weighted by atomic mass is 14.9. The molecule has 1 unspecified atom stereocenters. The number of aryl methyl sites for hydroxylation is 1. The van der Waals surface area contributed by atoms with Crippen LogP contribution < -0.4 is 0 Å². The van der Waals surface area contributed by atoms with E-state index in [1.54, 1.807) is 0 Å². The fourth-order valence-corrected chi connectivity index (χ4v) is 2.33. The molecular formula is C14H18N2. The van der Waals surface area contributed by atoms with Gasteiger partial charge in [-0.05, 0) is 42.9 Å². The summed E-state index contributed by atoms with van der Waals surface area (Å²) in [5.41, 5.74) is 3.68. The Labute approximate surface area is 96.1 Å². The fourth-order valence-electron chi connectivity index (χ4n) is 2.33. The molecule has 0 radical (unpaired) electrons. The predicted molar refractivity (Wildman–Crippen MR) is 66.6 cm³/mol. The van der Waals surface area contributed by atoms with Gasteiger partial charge in [0.25, 0.3) is 0 Å². The highest BCUT2D eigenvalue weighted by Crippen LogP contribution is 2.41. The standard InChI is InChI=1S/C14H18N2/c1-3-10-4-7-12-13(8-10)16-14(15-12)9(2)11-5-6-11/h4,7-9,11H,3,5-6H2,1-2H3,(H,15,16). The number of benzene rings is 1. The van der Waals surface area contributed by atoms with Crippen molar-refractivity contribution in [3.63, 3.8) is 0 Å². The molecule has 84 valence electrons. The van der Waals surface area contributed by atoms with Gasteiger partial charge < -0.3 is 4.98 Å². The van der Waals surface area contributed by atoms with Crippen molar-refractivity contribution in [2.75, 3.05) is 0 Å². The van der Waals surface area contributed by atoms with E-state index in [1.165, 1.54) is 29.7 Å². The van der Waals surface area contributed by atoms with Gasteiger partial charge >= 0.3 is 0 Å². The summed E-state index contributed by atoms with van der Waals surface area (Å²) in [6.07, 6.45) is 3.83. The molecule has 0 saturated heterocycles. The van der Waals surface area contributed by atoms with Crippen LogP contribution in [0.3, 0.4) is 0 Å². The topological polar surface area (TPSA) is 28.7 Å². The Bertz CT molecular complexity index is 508. The zero-order valence-electron chi connectivity index (χ0n) is 9.96. The van der Waals surface area contributed by atoms with Crippen molar-refractivity contribution in [1.82, 2.24) is 9.97 Å². The third-order valence-electron chi connectivity index (χ3n) is 3.73. The van der Waals surface area contributed by atoms with E-state index in [1.807, 2.05) is 0 Å². The molecule has 1 atom stereocenters. The van der Waals surface area contributed by atoms with Crippen molar-refractivity contribution < 1.29 is 0 Å². The van der Waals surface area contributed by atoms with Gasteiger partial charge in [0, 0.05) is 5.92 Å². The highest BCUT2D eigenvalue weighted by molar-refractivity contribution is 5.76. The number of imidazole rings is 1. The number of H-pyrrole nitrogens is 1. The van der Waals surface area contributed by atoms with Crippen molar-refractivity contribution in [3.05, 3.63) is 29.6 Å². The summed E-state index contributed by atoms with van der Waals surface area (Å²) < 4.78 is 0. The van der Waals surface area contributed by atoms with E-state index in [2.05, 4.69) is 37.0 Å². The summed E-state index contributed by atoms with van der Waals surface area (Å²) in [7, 11) is 0. The van der Waals surface area contributed by atoms with E-state index in [0.29, 0.717) is 5.92 Å². The van der Waals surface area contributed by atoms with Crippen LogP contribution in [0.15, 0.2) is 18.2 Å². The predicted octanol–water partition coefficient (Wildman–Crippen LogP) is 3.64. The van der Waals surface area contributed by atoms with E-state index in [-0.39, 0.29) is 0 Å². The number of fused-ring (bicyclic) bond motifs is 1. The minimum atomic E-state index is 0.595. The number of hydrogen-bond donors (Lipinski definition) is 1. The van der Waals surface area contributed by atoms with Crippen molar-refractivity contribution in [2.45, 2.75) is 39.0 Å². The smallest absolute Gasteiger partial charge is 0.110 e. The average molecular weight is 214 g/mol. The van der Waals surface area contributed by atoms with Crippen LogP contribution in [0.25, 0.3) is 11.0 Å². The first kappa shape index (κ1) is 9.88. The Morgan fingerprint density at radius 3 is 2.94 bits per heavy atom. The maximum Gasteiger partial charge on any atom is 0.110 e. The Balaban J connectivity index is 2.01. The molecule has 1 fully saturated rings. The van der Waals surface area contributed by atoms with E-state index < -0.39 is 0 Å².